The monoisotopic (exact) mass is 486 g/mol. The van der Waals surface area contributed by atoms with Gasteiger partial charge < -0.3 is 5.11 Å². The Bertz CT molecular complexity index is 1440. The lowest BCUT2D eigenvalue weighted by Gasteiger charge is -2.10. The fraction of sp³-hybridized carbons (Fsp3) is 0.207. The number of hydrogen-bond acceptors (Lipinski definition) is 3. The number of nitrogens with zero attached hydrogens (tertiary/aromatic N) is 2. The fourth-order valence-electron chi connectivity index (χ4n) is 4.37. The van der Waals surface area contributed by atoms with Crippen molar-refractivity contribution in [3.05, 3.63) is 117 Å². The molecule has 4 rings (SSSR count). The van der Waals surface area contributed by atoms with Crippen LogP contribution >= 0.6 is 0 Å². The first-order valence-electron chi connectivity index (χ1n) is 11.9. The molecule has 0 fully saturated rings. The molecule has 0 unspecified atom stereocenters. The van der Waals surface area contributed by atoms with Crippen LogP contribution < -0.4 is 5.69 Å². The van der Waals surface area contributed by atoms with Gasteiger partial charge in [-0.2, -0.15) is 0 Å². The van der Waals surface area contributed by atoms with E-state index in [4.69, 9.17) is 0 Å². The van der Waals surface area contributed by atoms with Gasteiger partial charge in [0.2, 0.25) is 0 Å². The minimum absolute atomic E-state index is 0.0920. The molecule has 1 N–H and O–H groups in total. The zero-order chi connectivity index (χ0) is 25.7. The molecule has 1 heterocycles. The molecule has 0 amide bonds. The maximum Gasteiger partial charge on any atom is 0.336 e. The molecule has 0 saturated carbocycles. The molecule has 3 aromatic carbocycles. The van der Waals surface area contributed by atoms with Gasteiger partial charge >= 0.3 is 11.7 Å². The predicted octanol–water partition coefficient (Wildman–Crippen LogP) is 5.56. The molecular formula is C29H27FN2O4. The van der Waals surface area contributed by atoms with E-state index in [1.54, 1.807) is 66.7 Å². The molecule has 184 valence electrons. The molecule has 7 heteroatoms. The molecule has 0 saturated heterocycles. The first-order valence-corrected chi connectivity index (χ1v) is 11.9. The molecule has 4 aromatic rings. The van der Waals surface area contributed by atoms with Gasteiger partial charge in [-0.05, 0) is 47.7 Å². The lowest BCUT2D eigenvalue weighted by atomic mass is 9.99. The molecule has 0 radical (unpaired) electrons. The molecule has 0 aliphatic heterocycles. The molecule has 0 aliphatic carbocycles. The Labute approximate surface area is 208 Å². The summed E-state index contributed by atoms with van der Waals surface area (Å²) in [5.74, 6) is -1.56. The molecule has 0 atom stereocenters. The van der Waals surface area contributed by atoms with Crippen LogP contribution in [0.1, 0.15) is 57.4 Å². The molecule has 0 aliphatic rings. The maximum atomic E-state index is 14.3. The van der Waals surface area contributed by atoms with E-state index in [1.165, 1.54) is 4.57 Å². The average molecular weight is 487 g/mol. The van der Waals surface area contributed by atoms with Crippen molar-refractivity contribution in [3.8, 4) is 11.1 Å². The third-order valence-corrected chi connectivity index (χ3v) is 6.23. The van der Waals surface area contributed by atoms with Gasteiger partial charge in [0, 0.05) is 11.3 Å². The van der Waals surface area contributed by atoms with Crippen molar-refractivity contribution >= 4 is 11.9 Å². The highest BCUT2D eigenvalue weighted by Crippen LogP contribution is 2.25. The van der Waals surface area contributed by atoms with Gasteiger partial charge in [0.25, 0.3) is 5.91 Å². The van der Waals surface area contributed by atoms with Crippen LogP contribution in [-0.2, 0) is 19.6 Å². The molecular weight excluding hydrogens is 459 g/mol. The Hall–Kier alpha value is -4.26. The summed E-state index contributed by atoms with van der Waals surface area (Å²) in [4.78, 5) is 38.2. The molecule has 0 bridgehead atoms. The van der Waals surface area contributed by atoms with E-state index >= 15 is 0 Å². The van der Waals surface area contributed by atoms with Crippen LogP contribution in [-0.4, -0.2) is 26.1 Å². The average Bonchev–Trinajstić information content (AvgIpc) is 3.17. The summed E-state index contributed by atoms with van der Waals surface area (Å²) in [6.45, 7) is 1.25. The Balaban J connectivity index is 1.73. The minimum atomic E-state index is -1.01. The summed E-state index contributed by atoms with van der Waals surface area (Å²) in [7, 11) is 0. The van der Waals surface area contributed by atoms with Crippen LogP contribution in [0.2, 0.25) is 0 Å². The zero-order valence-corrected chi connectivity index (χ0v) is 20.0. The summed E-state index contributed by atoms with van der Waals surface area (Å²) >= 11 is 0. The number of carboxylic acids is 1. The minimum Gasteiger partial charge on any atom is -0.478 e. The second-order valence-corrected chi connectivity index (χ2v) is 8.55. The van der Waals surface area contributed by atoms with Crippen molar-refractivity contribution in [2.75, 3.05) is 0 Å². The zero-order valence-electron chi connectivity index (χ0n) is 20.0. The number of rotatable bonds is 9. The third kappa shape index (κ3) is 4.91. The Morgan fingerprint density at radius 3 is 2.19 bits per heavy atom. The lowest BCUT2D eigenvalue weighted by Crippen LogP contribution is -2.31. The van der Waals surface area contributed by atoms with E-state index in [2.05, 4.69) is 0 Å². The number of benzene rings is 3. The number of carbonyl (C=O) groups is 2. The number of imidazole rings is 1. The van der Waals surface area contributed by atoms with Crippen LogP contribution in [0.25, 0.3) is 11.1 Å². The smallest absolute Gasteiger partial charge is 0.336 e. The van der Waals surface area contributed by atoms with Crippen molar-refractivity contribution in [1.29, 1.82) is 0 Å². The van der Waals surface area contributed by atoms with Crippen LogP contribution in [0.3, 0.4) is 0 Å². The Kier molecular flexibility index (Phi) is 7.59. The normalized spacial score (nSPS) is 10.9. The predicted molar refractivity (Wildman–Crippen MR) is 136 cm³/mol. The van der Waals surface area contributed by atoms with Crippen molar-refractivity contribution in [3.63, 3.8) is 0 Å². The van der Waals surface area contributed by atoms with Crippen molar-refractivity contribution in [2.24, 2.45) is 0 Å². The van der Waals surface area contributed by atoms with E-state index in [0.717, 1.165) is 28.5 Å². The van der Waals surface area contributed by atoms with E-state index in [1.807, 2.05) is 19.1 Å². The second-order valence-electron chi connectivity index (χ2n) is 8.55. The van der Waals surface area contributed by atoms with Gasteiger partial charge in [-0.3, -0.25) is 9.36 Å². The first-order chi connectivity index (χ1) is 17.5. The molecule has 1 aromatic heterocycles. The standard InChI is InChI=1S/C29H27FN2O4/c1-2-3-13-25-26(18-30)32(27(33)22-9-5-4-6-10-22)29(36)31(25)19-20-14-16-21(17-15-20)23-11-7-8-12-24(23)28(34)35/h4-12,14-17H,2-3,13,18-19H2,1H3,(H,34,35). The van der Waals surface area contributed by atoms with Crippen LogP contribution in [0.4, 0.5) is 4.39 Å². The van der Waals surface area contributed by atoms with Crippen LogP contribution in [0.15, 0.2) is 83.7 Å². The van der Waals surface area contributed by atoms with E-state index in [-0.39, 0.29) is 17.8 Å². The maximum absolute atomic E-state index is 14.3. The van der Waals surface area contributed by atoms with Crippen LogP contribution in [0.5, 0.6) is 0 Å². The first kappa shape index (κ1) is 24.9. The summed E-state index contributed by atoms with van der Waals surface area (Å²) in [5.41, 5.74) is 2.67. The van der Waals surface area contributed by atoms with Crippen molar-refractivity contribution in [2.45, 2.75) is 39.4 Å². The number of halogens is 1. The summed E-state index contributed by atoms with van der Waals surface area (Å²) in [5, 5.41) is 9.49. The van der Waals surface area contributed by atoms with E-state index in [9.17, 15) is 23.9 Å². The van der Waals surface area contributed by atoms with Gasteiger partial charge in [-0.1, -0.05) is 74.0 Å². The second kappa shape index (κ2) is 11.0. The Morgan fingerprint density at radius 1 is 0.889 bits per heavy atom. The number of aromatic carboxylic acids is 1. The highest BCUT2D eigenvalue weighted by molar-refractivity contribution is 5.96. The van der Waals surface area contributed by atoms with Gasteiger partial charge in [-0.25, -0.2) is 18.5 Å². The van der Waals surface area contributed by atoms with Gasteiger partial charge in [-0.15, -0.1) is 0 Å². The quantitative estimate of drug-likeness (QED) is 0.336. The fourth-order valence-corrected chi connectivity index (χ4v) is 4.37. The number of hydrogen-bond donors (Lipinski definition) is 1. The molecule has 36 heavy (non-hydrogen) atoms. The van der Waals surface area contributed by atoms with Gasteiger partial charge in [0.1, 0.15) is 6.67 Å². The van der Waals surface area contributed by atoms with E-state index in [0.29, 0.717) is 23.2 Å². The summed E-state index contributed by atoms with van der Waals surface area (Å²) in [6, 6.07) is 22.4. The lowest BCUT2D eigenvalue weighted by molar-refractivity contribution is 0.0697. The molecule has 0 spiro atoms. The summed E-state index contributed by atoms with van der Waals surface area (Å²) < 4.78 is 16.7. The number of carbonyl (C=O) groups excluding carboxylic acids is 1. The highest BCUT2D eigenvalue weighted by Gasteiger charge is 2.24. The van der Waals surface area contributed by atoms with Gasteiger partial charge in [0.15, 0.2) is 0 Å². The largest absolute Gasteiger partial charge is 0.478 e. The van der Waals surface area contributed by atoms with Crippen LogP contribution in [0, 0.1) is 0 Å². The van der Waals surface area contributed by atoms with Crippen molar-refractivity contribution < 1.29 is 19.1 Å². The summed E-state index contributed by atoms with van der Waals surface area (Å²) in [6.07, 6.45) is 2.08. The topological polar surface area (TPSA) is 81.3 Å². The third-order valence-electron chi connectivity index (χ3n) is 6.23. The number of aromatic nitrogens is 2. The van der Waals surface area contributed by atoms with Gasteiger partial charge in [0.05, 0.1) is 17.8 Å². The number of unbranched alkanes of at least 4 members (excludes halogenated alkanes) is 1. The van der Waals surface area contributed by atoms with Crippen molar-refractivity contribution in [1.82, 2.24) is 9.13 Å². The van der Waals surface area contributed by atoms with E-state index < -0.39 is 24.2 Å². The number of carboxylic acid groups (broad SMARTS) is 1. The molecule has 6 nitrogen and oxygen atoms in total. The highest BCUT2D eigenvalue weighted by atomic mass is 19.1. The SMILES string of the molecule is CCCCc1c(CF)n(C(=O)c2ccccc2)c(=O)n1Cc1ccc(-c2ccccc2C(=O)O)cc1. The number of alkyl halides is 1. The Morgan fingerprint density at radius 2 is 1.56 bits per heavy atom.